The molecule has 0 aromatic heterocycles. The van der Waals surface area contributed by atoms with Gasteiger partial charge in [0.1, 0.15) is 0 Å². The van der Waals surface area contributed by atoms with Gasteiger partial charge in [-0.25, -0.2) is 0 Å². The van der Waals surface area contributed by atoms with Gasteiger partial charge in [0.15, 0.2) is 0 Å². The van der Waals surface area contributed by atoms with Gasteiger partial charge in [-0.05, 0) is 29.9 Å². The van der Waals surface area contributed by atoms with E-state index < -0.39 is 0 Å². The van der Waals surface area contributed by atoms with Crippen LogP contribution >= 0.6 is 0 Å². The summed E-state index contributed by atoms with van der Waals surface area (Å²) in [7, 11) is 0. The van der Waals surface area contributed by atoms with Crippen LogP contribution in [0.2, 0.25) is 0 Å². The molecular formula is C23H28N2O. The van der Waals surface area contributed by atoms with Crippen molar-refractivity contribution in [2.75, 3.05) is 32.7 Å². The molecule has 2 aromatic rings. The molecule has 0 spiro atoms. The number of rotatable bonds is 6. The van der Waals surface area contributed by atoms with E-state index in [1.165, 1.54) is 30.5 Å². The zero-order valence-electron chi connectivity index (χ0n) is 15.4. The van der Waals surface area contributed by atoms with Gasteiger partial charge in [-0.3, -0.25) is 9.69 Å². The zero-order chi connectivity index (χ0) is 17.8. The molecule has 3 heteroatoms. The van der Waals surface area contributed by atoms with Crippen molar-refractivity contribution >= 4 is 5.91 Å². The molecule has 3 nitrogen and oxygen atoms in total. The van der Waals surface area contributed by atoms with E-state index in [9.17, 15) is 4.79 Å². The van der Waals surface area contributed by atoms with Gasteiger partial charge in [-0.15, -0.1) is 0 Å². The average molecular weight is 348 g/mol. The first kappa shape index (κ1) is 17.3. The maximum atomic E-state index is 13.0. The van der Waals surface area contributed by atoms with E-state index in [0.717, 1.165) is 32.1 Å². The van der Waals surface area contributed by atoms with Crippen molar-refractivity contribution in [3.63, 3.8) is 0 Å². The number of hydrogen-bond acceptors (Lipinski definition) is 2. The summed E-state index contributed by atoms with van der Waals surface area (Å²) in [6.07, 6.45) is 3.35. The summed E-state index contributed by atoms with van der Waals surface area (Å²) >= 11 is 0. The lowest BCUT2D eigenvalue weighted by Crippen LogP contribution is -2.49. The lowest BCUT2D eigenvalue weighted by Gasteiger charge is -2.35. The van der Waals surface area contributed by atoms with Gasteiger partial charge in [0.2, 0.25) is 5.91 Å². The lowest BCUT2D eigenvalue weighted by atomic mass is 9.88. The molecule has 1 heterocycles. The van der Waals surface area contributed by atoms with Gasteiger partial charge >= 0.3 is 0 Å². The second kappa shape index (κ2) is 8.05. The van der Waals surface area contributed by atoms with Crippen molar-refractivity contribution in [2.24, 2.45) is 5.92 Å². The Bertz CT molecular complexity index is 664. The number of benzene rings is 2. The highest BCUT2D eigenvalue weighted by molar-refractivity contribution is 5.78. The van der Waals surface area contributed by atoms with Gasteiger partial charge < -0.3 is 4.90 Å². The summed E-state index contributed by atoms with van der Waals surface area (Å²) < 4.78 is 0. The first-order chi connectivity index (χ1) is 12.8. The van der Waals surface area contributed by atoms with Crippen molar-refractivity contribution in [2.45, 2.75) is 25.2 Å². The summed E-state index contributed by atoms with van der Waals surface area (Å²) in [5.41, 5.74) is 2.44. The fourth-order valence-electron chi connectivity index (χ4n) is 3.95. The third-order valence-electron chi connectivity index (χ3n) is 5.72. The van der Waals surface area contributed by atoms with Crippen LogP contribution in [0.3, 0.4) is 0 Å². The molecule has 2 aliphatic rings. The molecule has 26 heavy (non-hydrogen) atoms. The van der Waals surface area contributed by atoms with Gasteiger partial charge in [0.05, 0.1) is 0 Å². The van der Waals surface area contributed by atoms with E-state index in [0.29, 0.717) is 6.42 Å². The summed E-state index contributed by atoms with van der Waals surface area (Å²) in [4.78, 5) is 17.6. The third-order valence-corrected chi connectivity index (χ3v) is 5.72. The summed E-state index contributed by atoms with van der Waals surface area (Å²) in [6, 6.07) is 20.9. The Morgan fingerprint density at radius 2 is 1.38 bits per heavy atom. The molecule has 1 aliphatic heterocycles. The SMILES string of the molecule is O=C(CC(c1ccccc1)c1ccccc1)N1CCN(CC2CC2)CC1. The average Bonchev–Trinajstić information content (AvgIpc) is 3.52. The van der Waals surface area contributed by atoms with Crippen molar-refractivity contribution in [1.82, 2.24) is 9.80 Å². The maximum Gasteiger partial charge on any atom is 0.223 e. The van der Waals surface area contributed by atoms with Crippen LogP contribution in [-0.2, 0) is 4.79 Å². The van der Waals surface area contributed by atoms with Gasteiger partial charge in [0.25, 0.3) is 0 Å². The fraction of sp³-hybridized carbons (Fsp3) is 0.435. The minimum absolute atomic E-state index is 0.134. The topological polar surface area (TPSA) is 23.6 Å². The van der Waals surface area contributed by atoms with Crippen molar-refractivity contribution in [3.05, 3.63) is 71.8 Å². The monoisotopic (exact) mass is 348 g/mol. The molecule has 0 radical (unpaired) electrons. The van der Waals surface area contributed by atoms with E-state index in [1.54, 1.807) is 0 Å². The van der Waals surface area contributed by atoms with Crippen LogP contribution in [0.5, 0.6) is 0 Å². The number of carbonyl (C=O) groups is 1. The van der Waals surface area contributed by atoms with Crippen LogP contribution in [-0.4, -0.2) is 48.4 Å². The largest absolute Gasteiger partial charge is 0.340 e. The predicted molar refractivity (Wildman–Crippen MR) is 105 cm³/mol. The quantitative estimate of drug-likeness (QED) is 0.793. The molecule has 0 unspecified atom stereocenters. The zero-order valence-corrected chi connectivity index (χ0v) is 15.4. The molecule has 2 fully saturated rings. The highest BCUT2D eigenvalue weighted by Crippen LogP contribution is 2.31. The van der Waals surface area contributed by atoms with Crippen LogP contribution in [0.1, 0.15) is 36.3 Å². The van der Waals surface area contributed by atoms with Crippen molar-refractivity contribution < 1.29 is 4.79 Å². The van der Waals surface area contributed by atoms with E-state index in [2.05, 4.69) is 58.3 Å². The minimum Gasteiger partial charge on any atom is -0.340 e. The number of hydrogen-bond donors (Lipinski definition) is 0. The molecule has 1 saturated carbocycles. The van der Waals surface area contributed by atoms with E-state index in [1.807, 2.05) is 12.1 Å². The minimum atomic E-state index is 0.134. The number of amides is 1. The molecule has 1 aliphatic carbocycles. The Morgan fingerprint density at radius 1 is 0.846 bits per heavy atom. The fourth-order valence-corrected chi connectivity index (χ4v) is 3.95. The second-order valence-corrected chi connectivity index (χ2v) is 7.70. The highest BCUT2D eigenvalue weighted by Gasteiger charge is 2.28. The Hall–Kier alpha value is -2.13. The second-order valence-electron chi connectivity index (χ2n) is 7.70. The van der Waals surface area contributed by atoms with Crippen molar-refractivity contribution in [1.29, 1.82) is 0 Å². The predicted octanol–water partition coefficient (Wildman–Crippen LogP) is 3.76. The number of carbonyl (C=O) groups excluding carboxylic acids is 1. The standard InChI is InChI=1S/C23H28N2O/c26-23(25-15-13-24(14-16-25)18-19-11-12-19)17-22(20-7-3-1-4-8-20)21-9-5-2-6-10-21/h1-10,19,22H,11-18H2. The molecular weight excluding hydrogens is 320 g/mol. The molecule has 0 atom stereocenters. The van der Waals surface area contributed by atoms with Crippen LogP contribution in [0, 0.1) is 5.92 Å². The van der Waals surface area contributed by atoms with E-state index in [-0.39, 0.29) is 11.8 Å². The molecule has 1 saturated heterocycles. The smallest absolute Gasteiger partial charge is 0.223 e. The van der Waals surface area contributed by atoms with Crippen LogP contribution in [0.4, 0.5) is 0 Å². The van der Waals surface area contributed by atoms with Crippen LogP contribution in [0.15, 0.2) is 60.7 Å². The molecule has 2 aromatic carbocycles. The lowest BCUT2D eigenvalue weighted by molar-refractivity contribution is -0.133. The Balaban J connectivity index is 1.41. The molecule has 136 valence electrons. The molecule has 0 bridgehead atoms. The Kier molecular flexibility index (Phi) is 5.35. The van der Waals surface area contributed by atoms with Crippen LogP contribution < -0.4 is 0 Å². The summed E-state index contributed by atoms with van der Waals surface area (Å²) in [5, 5.41) is 0. The van der Waals surface area contributed by atoms with Crippen LogP contribution in [0.25, 0.3) is 0 Å². The first-order valence-electron chi connectivity index (χ1n) is 9.89. The maximum absolute atomic E-state index is 13.0. The van der Waals surface area contributed by atoms with Crippen molar-refractivity contribution in [3.8, 4) is 0 Å². The van der Waals surface area contributed by atoms with Gasteiger partial charge in [-0.2, -0.15) is 0 Å². The Labute approximate surface area is 156 Å². The highest BCUT2D eigenvalue weighted by atomic mass is 16.2. The Morgan fingerprint density at radius 3 is 1.88 bits per heavy atom. The molecule has 0 N–H and O–H groups in total. The van der Waals surface area contributed by atoms with E-state index in [4.69, 9.17) is 0 Å². The van der Waals surface area contributed by atoms with Gasteiger partial charge in [-0.1, -0.05) is 60.7 Å². The third kappa shape index (κ3) is 4.34. The van der Waals surface area contributed by atoms with E-state index >= 15 is 0 Å². The summed E-state index contributed by atoms with van der Waals surface area (Å²) in [5.74, 6) is 1.35. The first-order valence-corrected chi connectivity index (χ1v) is 9.89. The van der Waals surface area contributed by atoms with Gasteiger partial charge in [0, 0.05) is 45.1 Å². The molecule has 1 amide bonds. The molecule has 4 rings (SSSR count). The number of piperazine rings is 1. The summed E-state index contributed by atoms with van der Waals surface area (Å²) in [6.45, 7) is 5.05. The normalized spacial score (nSPS) is 18.3. The number of nitrogens with zero attached hydrogens (tertiary/aromatic N) is 2.